The zero-order chi connectivity index (χ0) is 64.6. The first-order chi connectivity index (χ1) is 41.4. The zero-order valence-electron chi connectivity index (χ0n) is 52.6. The van der Waals surface area contributed by atoms with Gasteiger partial charge >= 0.3 is 27.6 Å². The van der Waals surface area contributed by atoms with E-state index in [0.29, 0.717) is 25.7 Å². The van der Waals surface area contributed by atoms with E-state index in [1.807, 2.05) is 13.8 Å². The number of hydrogen-bond acceptors (Lipinski definition) is 19. The number of unbranched alkanes of at least 4 members (excludes halogenated alkanes) is 24. The maximum Gasteiger partial charge on any atom is 0.472 e. The van der Waals surface area contributed by atoms with Gasteiger partial charge in [0.05, 0.1) is 63.3 Å². The monoisotopic (exact) mass is 1290 g/mol. The lowest BCUT2D eigenvalue weighted by molar-refractivity contribution is -0.296. The minimum Gasteiger partial charge on any atom is -0.457 e. The molecule has 2 aliphatic rings. The summed E-state index contributed by atoms with van der Waals surface area (Å²) in [5.41, 5.74) is 0. The standard InChI is InChI=1S/C60H114N2O23P2/c1-5-9-13-17-19-21-23-27-31-33-43(64)37-49(68)61-53-57(82-51(70)39-45(66)35-29-25-15-11-7-3)55(72)48(81-60(53)85-87(76,77)78)42-79-59-54(62-50(69)38-44(65)34-32-28-24-22-20-18-14-10-6-2)58(56(47(41-63)80-59)84-86(73,74)75)83-52(71)40-46(67)36-30-26-16-12-8-4/h43-48,53-60,63-67,72H,5-42H2,1-4H3,(H,61,68)(H,62,69)(H2,73,74,75)(H2,76,77,78)/t43-,44-,45-,46-,47-,48-,53-,54-,55-,56-,57-,58-,59-,60+/m1/s1. The quantitative estimate of drug-likeness (QED) is 0.0157. The molecular formula is C60H114N2O23P2. The summed E-state index contributed by atoms with van der Waals surface area (Å²) in [5.74, 6) is -4.03. The van der Waals surface area contributed by atoms with Gasteiger partial charge in [-0.1, -0.05) is 207 Å². The molecule has 2 saturated heterocycles. The van der Waals surface area contributed by atoms with Crippen molar-refractivity contribution in [2.75, 3.05) is 13.2 Å². The van der Waals surface area contributed by atoms with E-state index in [1.54, 1.807) is 0 Å². The Balaban J connectivity index is 2.56. The molecule has 2 amide bonds. The predicted octanol–water partition coefficient (Wildman–Crippen LogP) is 7.75. The Kier molecular flexibility index (Phi) is 43.4. The van der Waals surface area contributed by atoms with E-state index in [9.17, 15) is 78.5 Å². The van der Waals surface area contributed by atoms with Gasteiger partial charge in [-0.2, -0.15) is 0 Å². The number of hydrogen-bond donors (Lipinski definition) is 12. The van der Waals surface area contributed by atoms with E-state index in [4.69, 9.17) is 32.7 Å². The molecule has 87 heavy (non-hydrogen) atoms. The Morgan fingerprint density at radius 3 is 1.11 bits per heavy atom. The van der Waals surface area contributed by atoms with Crippen LogP contribution in [0, 0.1) is 0 Å². The average molecular weight is 1290 g/mol. The molecule has 0 radical (unpaired) electrons. The largest absolute Gasteiger partial charge is 0.472 e. The molecule has 27 heteroatoms. The third-order valence-corrected chi connectivity index (χ3v) is 16.8. The number of aliphatic hydroxyl groups excluding tert-OH is 6. The Hall–Kier alpha value is -2.26. The summed E-state index contributed by atoms with van der Waals surface area (Å²) < 4.78 is 64.8. The van der Waals surface area contributed by atoms with Crippen LogP contribution < -0.4 is 10.6 Å². The number of carbonyl (C=O) groups excluding carboxylic acids is 4. The lowest BCUT2D eigenvalue weighted by Gasteiger charge is -2.47. The van der Waals surface area contributed by atoms with Crippen LogP contribution in [-0.4, -0.2) is 173 Å². The molecule has 0 saturated carbocycles. The highest BCUT2D eigenvalue weighted by atomic mass is 31.2. The van der Waals surface area contributed by atoms with Gasteiger partial charge in [0.1, 0.15) is 36.5 Å². The second-order valence-corrected chi connectivity index (χ2v) is 26.3. The van der Waals surface area contributed by atoms with E-state index < -0.39 is 164 Å². The molecular weight excluding hydrogens is 1180 g/mol. The van der Waals surface area contributed by atoms with Crippen LogP contribution in [0.5, 0.6) is 0 Å². The van der Waals surface area contributed by atoms with Gasteiger partial charge in [-0.3, -0.25) is 28.2 Å². The number of rotatable bonds is 52. The van der Waals surface area contributed by atoms with Crippen LogP contribution in [0.15, 0.2) is 0 Å². The number of ether oxygens (including phenoxy) is 5. The fourth-order valence-corrected chi connectivity index (χ4v) is 12.0. The molecule has 0 aromatic rings. The summed E-state index contributed by atoms with van der Waals surface area (Å²) in [4.78, 5) is 95.6. The average Bonchev–Trinajstić information content (AvgIpc) is 1.83. The Morgan fingerprint density at radius 1 is 0.437 bits per heavy atom. The first-order valence-electron chi connectivity index (χ1n) is 32.8. The van der Waals surface area contributed by atoms with Crippen LogP contribution in [0.4, 0.5) is 0 Å². The van der Waals surface area contributed by atoms with Gasteiger partial charge in [0.25, 0.3) is 0 Å². The highest BCUT2D eigenvalue weighted by Gasteiger charge is 2.55. The number of carbonyl (C=O) groups is 4. The van der Waals surface area contributed by atoms with Crippen LogP contribution in [-0.2, 0) is 61.0 Å². The topological polar surface area (TPSA) is 393 Å². The molecule has 0 bridgehead atoms. The fraction of sp³-hybridized carbons (Fsp3) is 0.933. The number of aliphatic hydroxyl groups is 6. The van der Waals surface area contributed by atoms with Gasteiger partial charge < -0.3 is 84.5 Å². The molecule has 512 valence electrons. The Morgan fingerprint density at radius 2 is 0.759 bits per heavy atom. The molecule has 25 nitrogen and oxygen atoms in total. The van der Waals surface area contributed by atoms with Gasteiger partial charge in [-0.05, 0) is 25.7 Å². The Labute approximate surface area is 517 Å². The molecule has 0 aromatic heterocycles. The van der Waals surface area contributed by atoms with Crippen molar-refractivity contribution in [1.82, 2.24) is 10.6 Å². The van der Waals surface area contributed by atoms with E-state index in [2.05, 4.69) is 24.5 Å². The molecule has 2 fully saturated rings. The van der Waals surface area contributed by atoms with Crippen molar-refractivity contribution in [3.63, 3.8) is 0 Å². The van der Waals surface area contributed by atoms with Crippen molar-refractivity contribution in [3.8, 4) is 0 Å². The van der Waals surface area contributed by atoms with Gasteiger partial charge in [0.2, 0.25) is 11.8 Å². The summed E-state index contributed by atoms with van der Waals surface area (Å²) in [7, 11) is -11.2. The third kappa shape index (κ3) is 37.1. The first-order valence-corrected chi connectivity index (χ1v) is 35.9. The summed E-state index contributed by atoms with van der Waals surface area (Å²) in [5, 5.41) is 71.5. The van der Waals surface area contributed by atoms with Crippen LogP contribution in [0.1, 0.15) is 259 Å². The predicted molar refractivity (Wildman–Crippen MR) is 323 cm³/mol. The van der Waals surface area contributed by atoms with Crippen LogP contribution in [0.3, 0.4) is 0 Å². The van der Waals surface area contributed by atoms with Gasteiger partial charge in [-0.15, -0.1) is 0 Å². The van der Waals surface area contributed by atoms with E-state index in [1.165, 1.54) is 25.7 Å². The number of phosphoric acid groups is 2. The van der Waals surface area contributed by atoms with E-state index >= 15 is 0 Å². The maximum atomic E-state index is 14.0. The number of phosphoric ester groups is 2. The molecule has 0 aliphatic carbocycles. The van der Waals surface area contributed by atoms with Crippen molar-refractivity contribution >= 4 is 39.4 Å². The number of nitrogens with one attached hydrogen (secondary N) is 2. The van der Waals surface area contributed by atoms with Gasteiger partial charge in [0.15, 0.2) is 24.8 Å². The molecule has 2 heterocycles. The lowest BCUT2D eigenvalue weighted by atomic mass is 9.95. The third-order valence-electron chi connectivity index (χ3n) is 15.8. The molecule has 14 atom stereocenters. The van der Waals surface area contributed by atoms with Crippen molar-refractivity contribution in [1.29, 1.82) is 0 Å². The van der Waals surface area contributed by atoms with Crippen LogP contribution >= 0.6 is 15.6 Å². The normalized spacial score (nSPS) is 24.0. The molecule has 2 rings (SSSR count). The highest BCUT2D eigenvalue weighted by Crippen LogP contribution is 2.44. The smallest absolute Gasteiger partial charge is 0.457 e. The molecule has 0 spiro atoms. The molecule has 2 aliphatic heterocycles. The molecule has 0 aromatic carbocycles. The molecule has 0 unspecified atom stereocenters. The molecule has 12 N–H and O–H groups in total. The second-order valence-electron chi connectivity index (χ2n) is 23.9. The second kappa shape index (κ2) is 46.7. The van der Waals surface area contributed by atoms with Crippen molar-refractivity contribution in [2.24, 2.45) is 0 Å². The van der Waals surface area contributed by atoms with Crippen molar-refractivity contribution in [2.45, 2.75) is 345 Å². The summed E-state index contributed by atoms with van der Waals surface area (Å²) in [6.45, 7) is 6.32. The van der Waals surface area contributed by atoms with Gasteiger partial charge in [0, 0.05) is 0 Å². The van der Waals surface area contributed by atoms with Crippen molar-refractivity contribution in [3.05, 3.63) is 0 Å². The maximum absolute atomic E-state index is 14.0. The Bertz CT molecular complexity index is 1930. The number of esters is 2. The highest BCUT2D eigenvalue weighted by molar-refractivity contribution is 7.46. The lowest BCUT2D eigenvalue weighted by Crippen LogP contribution is -2.68. The summed E-state index contributed by atoms with van der Waals surface area (Å²) >= 11 is 0. The summed E-state index contributed by atoms with van der Waals surface area (Å²) in [6.07, 6.45) is 4.16. The van der Waals surface area contributed by atoms with Crippen LogP contribution in [0.2, 0.25) is 0 Å². The zero-order valence-corrected chi connectivity index (χ0v) is 54.4. The van der Waals surface area contributed by atoms with E-state index in [-0.39, 0.29) is 25.7 Å². The van der Waals surface area contributed by atoms with Gasteiger partial charge in [-0.25, -0.2) is 9.13 Å². The summed E-state index contributed by atoms with van der Waals surface area (Å²) in [6, 6.07) is -3.74. The number of amides is 2. The van der Waals surface area contributed by atoms with Crippen molar-refractivity contribution < 1.29 is 111 Å². The minimum absolute atomic E-state index is 0.190. The van der Waals surface area contributed by atoms with E-state index in [0.717, 1.165) is 128 Å². The first kappa shape index (κ1) is 80.8. The SMILES string of the molecule is CCCCCCCCCCC[C@@H](O)CC(=O)N[C@H]1[C@H](OC[C@H]2O[C@@H](OP(=O)(O)O)[C@H](NC(=O)C[C@H](O)CCCCCCCCCCC)[C@@H](OC(=O)C[C@H](O)CCCCCCC)[C@@H]2O)O[C@H](CO)[C@@H](OP(=O)(O)O)[C@@H]1OC(=O)C[C@H](O)CCCCCCC. The van der Waals surface area contributed by atoms with Crippen LogP contribution in [0.25, 0.3) is 0 Å². The fourth-order valence-electron chi connectivity index (χ4n) is 11.0. The minimum atomic E-state index is -5.60.